The van der Waals surface area contributed by atoms with Crippen LogP contribution in [-0.4, -0.2) is 39.1 Å². The molecule has 146 valence electrons. The van der Waals surface area contributed by atoms with E-state index in [0.29, 0.717) is 11.6 Å². The first kappa shape index (κ1) is 20.6. The average molecular weight is 385 g/mol. The van der Waals surface area contributed by atoms with Gasteiger partial charge in [0.2, 0.25) is 10.0 Å². The van der Waals surface area contributed by atoms with Crippen molar-refractivity contribution in [3.63, 3.8) is 0 Å². The van der Waals surface area contributed by atoms with Gasteiger partial charge in [-0.3, -0.25) is 10.1 Å². The summed E-state index contributed by atoms with van der Waals surface area (Å²) in [6, 6.07) is 3.71. The van der Waals surface area contributed by atoms with Crippen LogP contribution in [0.15, 0.2) is 23.1 Å². The molecule has 1 aliphatic carbocycles. The molecule has 8 nitrogen and oxygen atoms in total. The number of hydrogen-bond donors (Lipinski definition) is 2. The molecule has 0 amide bonds. The summed E-state index contributed by atoms with van der Waals surface area (Å²) < 4.78 is 32.2. The van der Waals surface area contributed by atoms with Crippen molar-refractivity contribution in [2.75, 3.05) is 19.0 Å². The van der Waals surface area contributed by atoms with E-state index in [1.54, 1.807) is 6.92 Å². The van der Waals surface area contributed by atoms with Crippen LogP contribution >= 0.6 is 0 Å². The number of nitro groups is 1. The van der Waals surface area contributed by atoms with Gasteiger partial charge >= 0.3 is 0 Å². The zero-order valence-electron chi connectivity index (χ0n) is 15.4. The van der Waals surface area contributed by atoms with Gasteiger partial charge in [-0.25, -0.2) is 13.1 Å². The van der Waals surface area contributed by atoms with Gasteiger partial charge < -0.3 is 10.1 Å². The summed E-state index contributed by atoms with van der Waals surface area (Å²) in [5.74, 6) is 0.677. The summed E-state index contributed by atoms with van der Waals surface area (Å²) in [5, 5.41) is 14.7. The number of ether oxygens (including phenoxy) is 1. The van der Waals surface area contributed by atoms with Crippen molar-refractivity contribution < 1.29 is 18.1 Å². The zero-order valence-corrected chi connectivity index (χ0v) is 16.2. The summed E-state index contributed by atoms with van der Waals surface area (Å²) >= 11 is 0. The molecule has 0 saturated heterocycles. The van der Waals surface area contributed by atoms with Crippen LogP contribution in [0.25, 0.3) is 0 Å². The highest BCUT2D eigenvalue weighted by atomic mass is 32.2. The van der Waals surface area contributed by atoms with Crippen molar-refractivity contribution in [3.8, 4) is 0 Å². The van der Waals surface area contributed by atoms with Gasteiger partial charge in [-0.1, -0.05) is 6.92 Å². The maximum absolute atomic E-state index is 12.4. The predicted octanol–water partition coefficient (Wildman–Crippen LogP) is 2.90. The number of methoxy groups -OCH3 is 1. The highest BCUT2D eigenvalue weighted by Crippen LogP contribution is 2.32. The molecule has 0 spiro atoms. The lowest BCUT2D eigenvalue weighted by Gasteiger charge is -2.27. The number of anilines is 1. The van der Waals surface area contributed by atoms with Crippen molar-refractivity contribution in [2.24, 2.45) is 5.92 Å². The van der Waals surface area contributed by atoms with Gasteiger partial charge in [0.15, 0.2) is 0 Å². The van der Waals surface area contributed by atoms with Crippen LogP contribution < -0.4 is 10.0 Å². The minimum atomic E-state index is -3.86. The number of nitrogens with zero attached hydrogens (tertiary/aromatic N) is 1. The van der Waals surface area contributed by atoms with E-state index < -0.39 is 21.0 Å². The minimum absolute atomic E-state index is 0.130. The average Bonchev–Trinajstić information content (AvgIpc) is 2.56. The highest BCUT2D eigenvalue weighted by Gasteiger charge is 2.25. The van der Waals surface area contributed by atoms with E-state index in [2.05, 4.69) is 17.0 Å². The summed E-state index contributed by atoms with van der Waals surface area (Å²) in [5.41, 5.74) is 0.129. The van der Waals surface area contributed by atoms with Gasteiger partial charge in [0.25, 0.3) is 5.69 Å². The SMILES string of the molecule is COC[C@@H](C)NS(=O)(=O)c1ccc(NC2CCC(C)CC2)c([N+](=O)[O-])c1. The van der Waals surface area contributed by atoms with Crippen LogP contribution in [0.5, 0.6) is 0 Å². The maximum atomic E-state index is 12.4. The smallest absolute Gasteiger partial charge is 0.293 e. The van der Waals surface area contributed by atoms with E-state index in [1.807, 2.05) is 0 Å². The Labute approximate surface area is 154 Å². The standard InChI is InChI=1S/C17H27N3O5S/c1-12-4-6-14(7-5-12)18-16-9-8-15(10-17(16)20(21)22)26(23,24)19-13(2)11-25-3/h8-10,12-14,18-19H,4-7,11H2,1-3H3/t12?,13-,14?/m1/s1. The summed E-state index contributed by atoms with van der Waals surface area (Å²) in [4.78, 5) is 10.8. The van der Waals surface area contributed by atoms with Crippen molar-refractivity contribution >= 4 is 21.4 Å². The molecular formula is C17H27N3O5S. The fourth-order valence-corrected chi connectivity index (χ4v) is 4.44. The van der Waals surface area contributed by atoms with Gasteiger partial charge in [-0.15, -0.1) is 0 Å². The van der Waals surface area contributed by atoms with E-state index >= 15 is 0 Å². The Hall–Kier alpha value is -1.71. The van der Waals surface area contributed by atoms with Crippen molar-refractivity contribution in [3.05, 3.63) is 28.3 Å². The Morgan fingerprint density at radius 3 is 2.54 bits per heavy atom. The molecule has 2 rings (SSSR count). The molecule has 0 bridgehead atoms. The molecule has 1 aromatic carbocycles. The fourth-order valence-electron chi connectivity index (χ4n) is 3.19. The minimum Gasteiger partial charge on any atom is -0.383 e. The molecular weight excluding hydrogens is 358 g/mol. The largest absolute Gasteiger partial charge is 0.383 e. The fraction of sp³-hybridized carbons (Fsp3) is 0.647. The number of nitrogens with one attached hydrogen (secondary N) is 2. The van der Waals surface area contributed by atoms with Gasteiger partial charge in [0, 0.05) is 25.3 Å². The number of sulfonamides is 1. The second-order valence-corrected chi connectivity index (χ2v) is 8.73. The second kappa shape index (κ2) is 8.79. The Bertz CT molecular complexity index is 730. The molecule has 26 heavy (non-hydrogen) atoms. The van der Waals surface area contributed by atoms with E-state index in [0.717, 1.165) is 31.7 Å². The van der Waals surface area contributed by atoms with Gasteiger partial charge in [0.05, 0.1) is 16.4 Å². The summed E-state index contributed by atoms with van der Waals surface area (Å²) in [6.45, 7) is 4.08. The second-order valence-electron chi connectivity index (χ2n) is 7.01. The number of benzene rings is 1. The van der Waals surface area contributed by atoms with E-state index in [1.165, 1.54) is 19.2 Å². The van der Waals surface area contributed by atoms with E-state index in [4.69, 9.17) is 4.74 Å². The summed E-state index contributed by atoms with van der Waals surface area (Å²) in [7, 11) is -2.38. The first-order chi connectivity index (χ1) is 12.2. The molecule has 1 fully saturated rings. The quantitative estimate of drug-likeness (QED) is 0.526. The molecule has 0 aliphatic heterocycles. The van der Waals surface area contributed by atoms with Gasteiger partial charge in [-0.05, 0) is 50.7 Å². The molecule has 0 radical (unpaired) electrons. The Morgan fingerprint density at radius 2 is 1.96 bits per heavy atom. The van der Waals surface area contributed by atoms with E-state index in [-0.39, 0.29) is 23.2 Å². The Morgan fingerprint density at radius 1 is 1.31 bits per heavy atom. The maximum Gasteiger partial charge on any atom is 0.293 e. The predicted molar refractivity (Wildman–Crippen MR) is 99.8 cm³/mol. The molecule has 1 aliphatic rings. The van der Waals surface area contributed by atoms with Crippen molar-refractivity contribution in [2.45, 2.75) is 56.5 Å². The lowest BCUT2D eigenvalue weighted by Crippen LogP contribution is -2.35. The van der Waals surface area contributed by atoms with Crippen LogP contribution in [0.1, 0.15) is 39.5 Å². The molecule has 1 atom stereocenters. The normalized spacial score (nSPS) is 22.0. The third kappa shape index (κ3) is 5.39. The topological polar surface area (TPSA) is 111 Å². The molecule has 0 heterocycles. The van der Waals surface area contributed by atoms with Crippen LogP contribution in [0.3, 0.4) is 0 Å². The number of rotatable bonds is 8. The van der Waals surface area contributed by atoms with Crippen LogP contribution in [0.4, 0.5) is 11.4 Å². The molecule has 2 N–H and O–H groups in total. The van der Waals surface area contributed by atoms with Gasteiger partial charge in [0.1, 0.15) is 5.69 Å². The third-order valence-electron chi connectivity index (χ3n) is 4.62. The zero-order chi connectivity index (χ0) is 19.3. The molecule has 9 heteroatoms. The Balaban J connectivity index is 2.21. The van der Waals surface area contributed by atoms with E-state index in [9.17, 15) is 18.5 Å². The number of nitro benzene ring substituents is 1. The molecule has 1 aromatic rings. The van der Waals surface area contributed by atoms with Crippen molar-refractivity contribution in [1.82, 2.24) is 4.72 Å². The lowest BCUT2D eigenvalue weighted by atomic mass is 9.87. The van der Waals surface area contributed by atoms with Crippen LogP contribution in [0.2, 0.25) is 0 Å². The van der Waals surface area contributed by atoms with Crippen LogP contribution in [0, 0.1) is 16.0 Å². The monoisotopic (exact) mass is 385 g/mol. The number of hydrogen-bond acceptors (Lipinski definition) is 6. The third-order valence-corrected chi connectivity index (χ3v) is 6.21. The first-order valence-corrected chi connectivity index (χ1v) is 10.3. The highest BCUT2D eigenvalue weighted by molar-refractivity contribution is 7.89. The van der Waals surface area contributed by atoms with Gasteiger partial charge in [-0.2, -0.15) is 0 Å². The van der Waals surface area contributed by atoms with Crippen molar-refractivity contribution in [1.29, 1.82) is 0 Å². The summed E-state index contributed by atoms with van der Waals surface area (Å²) in [6.07, 6.45) is 4.07. The molecule has 0 aromatic heterocycles. The Kier molecular flexibility index (Phi) is 6.96. The lowest BCUT2D eigenvalue weighted by molar-refractivity contribution is -0.384. The van der Waals surface area contributed by atoms with Crippen LogP contribution in [-0.2, 0) is 14.8 Å². The molecule has 0 unspecified atom stereocenters. The first-order valence-electron chi connectivity index (χ1n) is 8.79. The molecule has 1 saturated carbocycles.